The van der Waals surface area contributed by atoms with Gasteiger partial charge in [-0.1, -0.05) is 6.07 Å². The molecule has 0 aliphatic rings. The molecule has 0 aliphatic carbocycles. The third-order valence-electron chi connectivity index (χ3n) is 2.85. The summed E-state index contributed by atoms with van der Waals surface area (Å²) in [5, 5.41) is 8.76. The van der Waals surface area contributed by atoms with E-state index in [4.69, 9.17) is 11.0 Å². The topological polar surface area (TPSA) is 65.9 Å². The van der Waals surface area contributed by atoms with Crippen LogP contribution in [0, 0.1) is 11.3 Å². The first-order chi connectivity index (χ1) is 9.29. The van der Waals surface area contributed by atoms with Gasteiger partial charge in [-0.2, -0.15) is 5.26 Å². The van der Waals surface area contributed by atoms with Crippen molar-refractivity contribution in [2.45, 2.75) is 13.0 Å². The van der Waals surface area contributed by atoms with E-state index in [1.54, 1.807) is 6.20 Å². The summed E-state index contributed by atoms with van der Waals surface area (Å²) in [5.74, 6) is 0. The van der Waals surface area contributed by atoms with Crippen LogP contribution in [0.2, 0.25) is 0 Å². The van der Waals surface area contributed by atoms with Gasteiger partial charge in [0.1, 0.15) is 0 Å². The molecule has 0 bridgehead atoms. The molecule has 0 amide bonds. The zero-order chi connectivity index (χ0) is 13.5. The zero-order valence-electron chi connectivity index (χ0n) is 10.7. The van der Waals surface area contributed by atoms with Gasteiger partial charge in [-0.25, -0.2) is 0 Å². The minimum absolute atomic E-state index is 0.491. The Morgan fingerprint density at radius 3 is 2.63 bits per heavy atom. The summed E-state index contributed by atoms with van der Waals surface area (Å²) in [6.45, 7) is 1.43. The Balaban J connectivity index is 2.16. The van der Waals surface area contributed by atoms with Gasteiger partial charge < -0.3 is 10.6 Å². The van der Waals surface area contributed by atoms with E-state index < -0.39 is 0 Å². The molecule has 0 aliphatic heterocycles. The number of aromatic nitrogens is 1. The van der Waals surface area contributed by atoms with E-state index in [0.29, 0.717) is 13.0 Å². The van der Waals surface area contributed by atoms with Crippen LogP contribution in [0.25, 0.3) is 0 Å². The predicted octanol–water partition coefficient (Wildman–Crippen LogP) is 2.58. The van der Waals surface area contributed by atoms with E-state index in [2.05, 4.69) is 16.0 Å². The molecule has 0 spiro atoms. The Morgan fingerprint density at radius 2 is 2.00 bits per heavy atom. The fourth-order valence-corrected chi connectivity index (χ4v) is 1.88. The van der Waals surface area contributed by atoms with Crippen molar-refractivity contribution in [3.05, 3.63) is 54.4 Å². The minimum Gasteiger partial charge on any atom is -0.399 e. The lowest BCUT2D eigenvalue weighted by atomic mass is 10.2. The van der Waals surface area contributed by atoms with Crippen molar-refractivity contribution in [2.75, 3.05) is 17.2 Å². The first kappa shape index (κ1) is 12.9. The van der Waals surface area contributed by atoms with Crippen LogP contribution in [0.15, 0.2) is 48.8 Å². The molecule has 0 unspecified atom stereocenters. The Morgan fingerprint density at radius 1 is 1.21 bits per heavy atom. The number of rotatable bonds is 5. The summed E-state index contributed by atoms with van der Waals surface area (Å²) < 4.78 is 0. The lowest BCUT2D eigenvalue weighted by Crippen LogP contribution is -2.23. The minimum atomic E-state index is 0.491. The number of nitrogen functional groups attached to an aromatic ring is 1. The highest BCUT2D eigenvalue weighted by Crippen LogP contribution is 2.19. The average Bonchev–Trinajstić information content (AvgIpc) is 2.45. The van der Waals surface area contributed by atoms with Crippen LogP contribution in [0.4, 0.5) is 11.4 Å². The molecule has 2 rings (SSSR count). The largest absolute Gasteiger partial charge is 0.399 e. The monoisotopic (exact) mass is 252 g/mol. The van der Waals surface area contributed by atoms with Gasteiger partial charge in [0.2, 0.25) is 0 Å². The fraction of sp³-hybridized carbons (Fsp3) is 0.200. The third-order valence-corrected chi connectivity index (χ3v) is 2.85. The number of nitrogens with two attached hydrogens (primary N) is 1. The van der Waals surface area contributed by atoms with E-state index in [1.165, 1.54) is 0 Å². The van der Waals surface area contributed by atoms with Gasteiger partial charge in [0, 0.05) is 36.9 Å². The molecule has 0 atom stereocenters. The van der Waals surface area contributed by atoms with Gasteiger partial charge in [0.15, 0.2) is 0 Å². The van der Waals surface area contributed by atoms with Crippen molar-refractivity contribution >= 4 is 11.4 Å². The van der Waals surface area contributed by atoms with Crippen molar-refractivity contribution < 1.29 is 0 Å². The zero-order valence-corrected chi connectivity index (χ0v) is 10.7. The molecule has 96 valence electrons. The third kappa shape index (κ3) is 3.71. The molecule has 19 heavy (non-hydrogen) atoms. The molecule has 2 N–H and O–H groups in total. The van der Waals surface area contributed by atoms with Crippen molar-refractivity contribution in [3.63, 3.8) is 0 Å². The molecule has 1 aromatic carbocycles. The van der Waals surface area contributed by atoms with Crippen molar-refractivity contribution in [2.24, 2.45) is 0 Å². The summed E-state index contributed by atoms with van der Waals surface area (Å²) in [6.07, 6.45) is 4.09. The number of nitrogens with zero attached hydrogens (tertiary/aromatic N) is 3. The van der Waals surface area contributed by atoms with E-state index in [0.717, 1.165) is 23.5 Å². The standard InChI is InChI=1S/C15H16N4/c16-8-2-10-19(12-13-3-1-9-18-11-13)15-6-4-14(17)5-7-15/h1,3-7,9,11H,2,10,12,17H2. The van der Waals surface area contributed by atoms with Crippen LogP contribution in [0.3, 0.4) is 0 Å². The Bertz CT molecular complexity index is 543. The molecule has 1 heterocycles. The molecule has 0 radical (unpaired) electrons. The summed E-state index contributed by atoms with van der Waals surface area (Å²) >= 11 is 0. The molecular formula is C15H16N4. The van der Waals surface area contributed by atoms with Gasteiger partial charge >= 0.3 is 0 Å². The van der Waals surface area contributed by atoms with Gasteiger partial charge in [-0.05, 0) is 35.9 Å². The first-order valence-electron chi connectivity index (χ1n) is 6.16. The summed E-state index contributed by atoms with van der Waals surface area (Å²) in [7, 11) is 0. The quantitative estimate of drug-likeness (QED) is 0.831. The molecule has 1 aromatic heterocycles. The predicted molar refractivity (Wildman–Crippen MR) is 76.4 cm³/mol. The molecular weight excluding hydrogens is 236 g/mol. The SMILES string of the molecule is N#CCCN(Cc1cccnc1)c1ccc(N)cc1. The highest BCUT2D eigenvalue weighted by molar-refractivity contribution is 5.53. The second-order valence-corrected chi connectivity index (χ2v) is 4.28. The van der Waals surface area contributed by atoms with Gasteiger partial charge in [0.25, 0.3) is 0 Å². The summed E-state index contributed by atoms with van der Waals surface area (Å²) in [5.41, 5.74) is 8.63. The smallest absolute Gasteiger partial charge is 0.0640 e. The number of nitriles is 1. The number of benzene rings is 1. The molecule has 0 saturated carbocycles. The number of pyridine rings is 1. The van der Waals surface area contributed by atoms with Crippen LogP contribution in [0.5, 0.6) is 0 Å². The maximum atomic E-state index is 8.76. The normalized spacial score (nSPS) is 9.84. The van der Waals surface area contributed by atoms with Crippen LogP contribution < -0.4 is 10.6 Å². The second-order valence-electron chi connectivity index (χ2n) is 4.28. The van der Waals surface area contributed by atoms with E-state index >= 15 is 0 Å². The van der Waals surface area contributed by atoms with E-state index in [-0.39, 0.29) is 0 Å². The summed E-state index contributed by atoms with van der Waals surface area (Å²) in [4.78, 5) is 6.27. The van der Waals surface area contributed by atoms with Crippen molar-refractivity contribution in [1.29, 1.82) is 5.26 Å². The van der Waals surface area contributed by atoms with Crippen LogP contribution in [-0.2, 0) is 6.54 Å². The van der Waals surface area contributed by atoms with Crippen molar-refractivity contribution in [3.8, 4) is 6.07 Å². The lowest BCUT2D eigenvalue weighted by molar-refractivity contribution is 0.795. The second kappa shape index (κ2) is 6.41. The van der Waals surface area contributed by atoms with Crippen LogP contribution >= 0.6 is 0 Å². The van der Waals surface area contributed by atoms with Crippen LogP contribution in [0.1, 0.15) is 12.0 Å². The molecule has 0 saturated heterocycles. The Hall–Kier alpha value is -2.54. The van der Waals surface area contributed by atoms with Gasteiger partial charge in [-0.15, -0.1) is 0 Å². The number of hydrogen-bond acceptors (Lipinski definition) is 4. The molecule has 2 aromatic rings. The van der Waals surface area contributed by atoms with Gasteiger partial charge in [0.05, 0.1) is 12.5 Å². The Labute approximate surface area is 113 Å². The highest BCUT2D eigenvalue weighted by Gasteiger charge is 2.07. The van der Waals surface area contributed by atoms with E-state index in [9.17, 15) is 0 Å². The molecule has 4 nitrogen and oxygen atoms in total. The van der Waals surface area contributed by atoms with E-state index in [1.807, 2.05) is 42.6 Å². The van der Waals surface area contributed by atoms with Crippen molar-refractivity contribution in [1.82, 2.24) is 4.98 Å². The maximum Gasteiger partial charge on any atom is 0.0640 e. The first-order valence-corrected chi connectivity index (χ1v) is 6.16. The summed E-state index contributed by atoms with van der Waals surface area (Å²) in [6, 6.07) is 13.8. The lowest BCUT2D eigenvalue weighted by Gasteiger charge is -2.24. The van der Waals surface area contributed by atoms with Crippen LogP contribution in [-0.4, -0.2) is 11.5 Å². The highest BCUT2D eigenvalue weighted by atomic mass is 15.1. The number of hydrogen-bond donors (Lipinski definition) is 1. The van der Waals surface area contributed by atoms with Gasteiger partial charge in [-0.3, -0.25) is 4.98 Å². The number of anilines is 2. The Kier molecular flexibility index (Phi) is 4.35. The average molecular weight is 252 g/mol. The molecule has 4 heteroatoms. The maximum absolute atomic E-state index is 8.76. The fourth-order valence-electron chi connectivity index (χ4n) is 1.88. The molecule has 0 fully saturated rings.